The van der Waals surface area contributed by atoms with E-state index in [1.165, 1.54) is 44.9 Å². The van der Waals surface area contributed by atoms with Crippen LogP contribution in [0.5, 0.6) is 0 Å². The molecule has 2 unspecified atom stereocenters. The number of likely N-dealkylation sites (tertiary alicyclic amines) is 1. The molecule has 21 heavy (non-hydrogen) atoms. The van der Waals surface area contributed by atoms with E-state index in [1.807, 2.05) is 0 Å². The van der Waals surface area contributed by atoms with E-state index in [0.717, 1.165) is 43.7 Å². The minimum absolute atomic E-state index is 0.228. The van der Waals surface area contributed by atoms with Gasteiger partial charge in [0, 0.05) is 19.6 Å². The average molecular weight is 292 g/mol. The summed E-state index contributed by atoms with van der Waals surface area (Å²) in [6.07, 6.45) is 11.1. The molecule has 0 aromatic heterocycles. The number of rotatable bonds is 2. The Labute approximate surface area is 129 Å². The molecule has 0 aromatic carbocycles. The lowest BCUT2D eigenvalue weighted by Gasteiger charge is -2.46. The molecule has 0 aromatic rings. The van der Waals surface area contributed by atoms with Gasteiger partial charge in [0.1, 0.15) is 0 Å². The molecule has 2 saturated carbocycles. The Hall–Kier alpha value is -0.570. The van der Waals surface area contributed by atoms with Gasteiger partial charge >= 0.3 is 0 Å². The summed E-state index contributed by atoms with van der Waals surface area (Å²) < 4.78 is 0. The number of fused-ring (bicyclic) bond motifs is 1. The highest BCUT2D eigenvalue weighted by molar-refractivity contribution is 5.83. The summed E-state index contributed by atoms with van der Waals surface area (Å²) in [6.45, 7) is 4.85. The van der Waals surface area contributed by atoms with E-state index >= 15 is 0 Å². The second kappa shape index (κ2) is 6.28. The van der Waals surface area contributed by atoms with Crippen molar-refractivity contribution in [2.24, 2.45) is 28.9 Å². The number of hydrogen-bond acceptors (Lipinski definition) is 2. The van der Waals surface area contributed by atoms with Crippen molar-refractivity contribution in [2.75, 3.05) is 19.6 Å². The Morgan fingerprint density at radius 3 is 2.43 bits per heavy atom. The molecule has 2 N–H and O–H groups in total. The largest absolute Gasteiger partial charge is 0.342 e. The summed E-state index contributed by atoms with van der Waals surface area (Å²) in [5.41, 5.74) is 5.85. The van der Waals surface area contributed by atoms with Crippen LogP contribution in [0, 0.1) is 23.2 Å². The van der Waals surface area contributed by atoms with Crippen molar-refractivity contribution in [3.63, 3.8) is 0 Å². The lowest BCUT2D eigenvalue weighted by molar-refractivity contribution is -0.147. The van der Waals surface area contributed by atoms with Crippen LogP contribution >= 0.6 is 0 Å². The van der Waals surface area contributed by atoms with Crippen LogP contribution in [0.3, 0.4) is 0 Å². The Balaban J connectivity index is 1.66. The van der Waals surface area contributed by atoms with E-state index in [4.69, 9.17) is 5.73 Å². The van der Waals surface area contributed by atoms with Gasteiger partial charge in [-0.25, -0.2) is 0 Å². The Bertz CT molecular complexity index is 373. The standard InChI is InChI=1S/C18H32N2O/c1-14-6-9-18(13-19,10-7-14)17(21)20-11-8-15-4-2-3-5-16(15)12-20/h14-16H,2-13,19H2,1H3. The van der Waals surface area contributed by atoms with Crippen LogP contribution < -0.4 is 5.73 Å². The highest BCUT2D eigenvalue weighted by Gasteiger charge is 2.44. The number of hydrogen-bond donors (Lipinski definition) is 1. The quantitative estimate of drug-likeness (QED) is 0.849. The van der Waals surface area contributed by atoms with Crippen molar-refractivity contribution < 1.29 is 4.79 Å². The van der Waals surface area contributed by atoms with Gasteiger partial charge in [-0.3, -0.25) is 4.79 Å². The van der Waals surface area contributed by atoms with Gasteiger partial charge in [0.25, 0.3) is 0 Å². The van der Waals surface area contributed by atoms with Gasteiger partial charge in [-0.05, 0) is 56.3 Å². The van der Waals surface area contributed by atoms with Gasteiger partial charge in [0.2, 0.25) is 5.91 Å². The SMILES string of the molecule is CC1CCC(CN)(C(=O)N2CCC3CCCCC3C2)CC1. The van der Waals surface area contributed by atoms with Crippen LogP contribution in [0.25, 0.3) is 0 Å². The fraction of sp³-hybridized carbons (Fsp3) is 0.944. The van der Waals surface area contributed by atoms with E-state index in [9.17, 15) is 4.79 Å². The molecule has 2 aliphatic carbocycles. The summed E-state index contributed by atoms with van der Waals surface area (Å²) in [5, 5.41) is 0. The Morgan fingerprint density at radius 2 is 1.76 bits per heavy atom. The number of nitrogens with two attached hydrogens (primary N) is 1. The van der Waals surface area contributed by atoms with Crippen LogP contribution in [0.4, 0.5) is 0 Å². The smallest absolute Gasteiger partial charge is 0.230 e. The van der Waals surface area contributed by atoms with Crippen LogP contribution in [-0.4, -0.2) is 30.4 Å². The molecule has 2 atom stereocenters. The van der Waals surface area contributed by atoms with Crippen LogP contribution in [-0.2, 0) is 4.79 Å². The average Bonchev–Trinajstić information content (AvgIpc) is 2.55. The van der Waals surface area contributed by atoms with Crippen molar-refractivity contribution in [1.82, 2.24) is 4.90 Å². The third kappa shape index (κ3) is 2.99. The first-order chi connectivity index (χ1) is 10.1. The molecular weight excluding hydrogens is 260 g/mol. The van der Waals surface area contributed by atoms with E-state index in [-0.39, 0.29) is 5.41 Å². The summed E-state index contributed by atoms with van der Waals surface area (Å²) in [7, 11) is 0. The van der Waals surface area contributed by atoms with Crippen LogP contribution in [0.1, 0.15) is 64.7 Å². The first kappa shape index (κ1) is 15.3. The predicted octanol–water partition coefficient (Wildman–Crippen LogP) is 3.18. The molecule has 1 amide bonds. The third-order valence-corrected chi connectivity index (χ3v) is 6.65. The highest BCUT2D eigenvalue weighted by Crippen LogP contribution is 2.42. The topological polar surface area (TPSA) is 46.3 Å². The van der Waals surface area contributed by atoms with Gasteiger partial charge in [-0.2, -0.15) is 0 Å². The molecular formula is C18H32N2O. The molecule has 0 bridgehead atoms. The lowest BCUT2D eigenvalue weighted by atomic mass is 9.69. The van der Waals surface area contributed by atoms with Crippen molar-refractivity contribution in [3.8, 4) is 0 Å². The number of amides is 1. The van der Waals surface area contributed by atoms with Gasteiger partial charge in [-0.15, -0.1) is 0 Å². The van der Waals surface area contributed by atoms with E-state index in [2.05, 4.69) is 11.8 Å². The molecule has 3 heteroatoms. The maximum Gasteiger partial charge on any atom is 0.230 e. The minimum Gasteiger partial charge on any atom is -0.342 e. The van der Waals surface area contributed by atoms with E-state index < -0.39 is 0 Å². The highest BCUT2D eigenvalue weighted by atomic mass is 16.2. The van der Waals surface area contributed by atoms with E-state index in [1.54, 1.807) is 0 Å². The number of carbonyl (C=O) groups is 1. The van der Waals surface area contributed by atoms with Gasteiger partial charge in [0.15, 0.2) is 0 Å². The fourth-order valence-electron chi connectivity index (χ4n) is 4.94. The number of nitrogens with zero attached hydrogens (tertiary/aromatic N) is 1. The van der Waals surface area contributed by atoms with Crippen molar-refractivity contribution in [1.29, 1.82) is 0 Å². The zero-order valence-electron chi connectivity index (χ0n) is 13.7. The summed E-state index contributed by atoms with van der Waals surface area (Å²) >= 11 is 0. The molecule has 1 heterocycles. The number of piperidine rings is 1. The second-order valence-electron chi connectivity index (χ2n) is 8.01. The predicted molar refractivity (Wildman–Crippen MR) is 85.8 cm³/mol. The number of carbonyl (C=O) groups excluding carboxylic acids is 1. The summed E-state index contributed by atoms with van der Waals surface area (Å²) in [4.78, 5) is 15.3. The van der Waals surface area contributed by atoms with Gasteiger partial charge in [0.05, 0.1) is 5.41 Å². The van der Waals surface area contributed by atoms with Crippen molar-refractivity contribution in [2.45, 2.75) is 64.7 Å². The molecule has 3 aliphatic rings. The zero-order chi connectivity index (χ0) is 14.9. The van der Waals surface area contributed by atoms with Crippen molar-refractivity contribution in [3.05, 3.63) is 0 Å². The maximum absolute atomic E-state index is 13.1. The van der Waals surface area contributed by atoms with Gasteiger partial charge in [-0.1, -0.05) is 26.2 Å². The Kier molecular flexibility index (Phi) is 4.58. The lowest BCUT2D eigenvalue weighted by Crippen LogP contribution is -2.54. The summed E-state index contributed by atoms with van der Waals surface area (Å²) in [6, 6.07) is 0. The maximum atomic E-state index is 13.1. The monoisotopic (exact) mass is 292 g/mol. The second-order valence-corrected chi connectivity index (χ2v) is 8.01. The molecule has 1 aliphatic heterocycles. The normalized spacial score (nSPS) is 40.7. The third-order valence-electron chi connectivity index (χ3n) is 6.65. The van der Waals surface area contributed by atoms with Crippen LogP contribution in [0.2, 0.25) is 0 Å². The first-order valence-electron chi connectivity index (χ1n) is 9.14. The minimum atomic E-state index is -0.228. The fourth-order valence-corrected chi connectivity index (χ4v) is 4.94. The molecule has 1 saturated heterocycles. The van der Waals surface area contributed by atoms with Gasteiger partial charge < -0.3 is 10.6 Å². The molecule has 0 spiro atoms. The summed E-state index contributed by atoms with van der Waals surface area (Å²) in [5.74, 6) is 2.82. The molecule has 0 radical (unpaired) electrons. The van der Waals surface area contributed by atoms with E-state index in [0.29, 0.717) is 12.5 Å². The van der Waals surface area contributed by atoms with Crippen molar-refractivity contribution >= 4 is 5.91 Å². The first-order valence-corrected chi connectivity index (χ1v) is 9.14. The molecule has 3 rings (SSSR count). The Morgan fingerprint density at radius 1 is 1.10 bits per heavy atom. The molecule has 3 nitrogen and oxygen atoms in total. The van der Waals surface area contributed by atoms with Crippen LogP contribution in [0.15, 0.2) is 0 Å². The molecule has 120 valence electrons. The zero-order valence-corrected chi connectivity index (χ0v) is 13.7. The molecule has 3 fully saturated rings.